The molecule has 1 amide bonds. The third-order valence-electron chi connectivity index (χ3n) is 6.45. The van der Waals surface area contributed by atoms with Crippen molar-refractivity contribution in [2.24, 2.45) is 5.41 Å². The summed E-state index contributed by atoms with van der Waals surface area (Å²) in [6, 6.07) is 22.2. The molecule has 2 heterocycles. The first kappa shape index (κ1) is 20.1. The number of hydrogen-bond acceptors (Lipinski definition) is 4. The van der Waals surface area contributed by atoms with Gasteiger partial charge in [-0.15, -0.1) is 11.8 Å². The van der Waals surface area contributed by atoms with Crippen LogP contribution in [0.25, 0.3) is 0 Å². The van der Waals surface area contributed by atoms with Crippen LogP contribution in [0, 0.1) is 5.41 Å². The van der Waals surface area contributed by atoms with Crippen LogP contribution < -0.4 is 10.2 Å². The lowest BCUT2D eigenvalue weighted by Gasteiger charge is -2.33. The fourth-order valence-corrected chi connectivity index (χ4v) is 5.21. The summed E-state index contributed by atoms with van der Waals surface area (Å²) in [6.07, 6.45) is 6.95. The number of aromatic nitrogens is 1. The normalized spacial score (nSPS) is 16.8. The number of nitrogens with one attached hydrogen (secondary N) is 1. The molecule has 158 valence electrons. The molecule has 0 atom stereocenters. The second-order valence-electron chi connectivity index (χ2n) is 8.62. The van der Waals surface area contributed by atoms with E-state index in [0.29, 0.717) is 11.0 Å². The average Bonchev–Trinajstić information content (AvgIpc) is 3.58. The molecule has 3 aromatic rings. The predicted octanol–water partition coefficient (Wildman–Crippen LogP) is 6.01. The number of pyridine rings is 1. The fraction of sp³-hybridized carbons (Fsp3) is 0.308. The van der Waals surface area contributed by atoms with Crippen molar-refractivity contribution >= 4 is 29.2 Å². The zero-order valence-electron chi connectivity index (χ0n) is 17.6. The molecule has 1 saturated carbocycles. The smallest absolute Gasteiger partial charge is 0.259 e. The summed E-state index contributed by atoms with van der Waals surface area (Å²) in [6.45, 7) is 1.98. The Morgan fingerprint density at radius 1 is 0.968 bits per heavy atom. The molecule has 1 N–H and O–H groups in total. The number of amides is 1. The molecular formula is C26H27N3OS. The summed E-state index contributed by atoms with van der Waals surface area (Å²) < 4.78 is 0. The molecule has 0 bridgehead atoms. The van der Waals surface area contributed by atoms with Crippen LogP contribution in [0.3, 0.4) is 0 Å². The van der Waals surface area contributed by atoms with Crippen molar-refractivity contribution in [2.45, 2.75) is 36.3 Å². The fourth-order valence-electron chi connectivity index (χ4n) is 4.30. The molecule has 1 aliphatic heterocycles. The van der Waals surface area contributed by atoms with Crippen LogP contribution >= 0.6 is 11.8 Å². The largest absolute Gasteiger partial charge is 0.356 e. The van der Waals surface area contributed by atoms with E-state index in [2.05, 4.69) is 45.5 Å². The number of rotatable bonds is 6. The Balaban J connectivity index is 1.26. The highest BCUT2D eigenvalue weighted by atomic mass is 32.2. The third-order valence-corrected chi connectivity index (χ3v) is 7.52. The Hall–Kier alpha value is -2.79. The third kappa shape index (κ3) is 4.77. The lowest BCUT2D eigenvalue weighted by atomic mass is 9.93. The van der Waals surface area contributed by atoms with Crippen molar-refractivity contribution in [2.75, 3.05) is 23.3 Å². The monoisotopic (exact) mass is 429 g/mol. The maximum Gasteiger partial charge on any atom is 0.259 e. The molecule has 2 aliphatic rings. The van der Waals surface area contributed by atoms with E-state index >= 15 is 0 Å². The van der Waals surface area contributed by atoms with Crippen LogP contribution in [0.2, 0.25) is 0 Å². The first-order valence-corrected chi connectivity index (χ1v) is 12.0. The van der Waals surface area contributed by atoms with Gasteiger partial charge in [-0.3, -0.25) is 4.79 Å². The van der Waals surface area contributed by atoms with Gasteiger partial charge in [0.05, 0.1) is 5.56 Å². The highest BCUT2D eigenvalue weighted by Crippen LogP contribution is 2.53. The number of benzene rings is 2. The van der Waals surface area contributed by atoms with E-state index in [-0.39, 0.29) is 5.91 Å². The number of nitrogens with zero attached hydrogens (tertiary/aromatic N) is 2. The Morgan fingerprint density at radius 2 is 1.77 bits per heavy atom. The molecular weight excluding hydrogens is 402 g/mol. The number of piperidine rings is 1. The number of thioether (sulfide) groups is 1. The molecule has 1 aromatic heterocycles. The molecule has 1 saturated heterocycles. The van der Waals surface area contributed by atoms with Crippen molar-refractivity contribution in [3.63, 3.8) is 0 Å². The molecule has 31 heavy (non-hydrogen) atoms. The number of anilines is 2. The van der Waals surface area contributed by atoms with Crippen molar-refractivity contribution in [3.05, 3.63) is 84.1 Å². The van der Waals surface area contributed by atoms with Gasteiger partial charge in [-0.25, -0.2) is 4.98 Å². The van der Waals surface area contributed by atoms with E-state index in [0.717, 1.165) is 35.2 Å². The minimum atomic E-state index is -0.0972. The first-order chi connectivity index (χ1) is 15.2. The predicted molar refractivity (Wildman–Crippen MR) is 128 cm³/mol. The van der Waals surface area contributed by atoms with Crippen molar-refractivity contribution in [3.8, 4) is 0 Å². The van der Waals surface area contributed by atoms with Gasteiger partial charge in [0.2, 0.25) is 0 Å². The van der Waals surface area contributed by atoms with Gasteiger partial charge in [-0.1, -0.05) is 36.4 Å². The summed E-state index contributed by atoms with van der Waals surface area (Å²) in [4.78, 5) is 21.1. The Kier molecular flexibility index (Phi) is 5.68. The molecule has 5 heteroatoms. The molecule has 5 rings (SSSR count). The summed E-state index contributed by atoms with van der Waals surface area (Å²) in [5.41, 5.74) is 3.35. The molecule has 0 unspecified atom stereocenters. The average molecular weight is 430 g/mol. The number of hydrogen-bond donors (Lipinski definition) is 1. The first-order valence-electron chi connectivity index (χ1n) is 11.0. The zero-order chi connectivity index (χ0) is 21.1. The van der Waals surface area contributed by atoms with E-state index in [1.807, 2.05) is 36.4 Å². The standard InChI is InChI=1S/C26H27N3OS/c30-25(23-10-5-15-27-24(23)29-16-13-26(11-12-26)14-17-29)28-21-8-4-9-22(18-21)31-19-20-6-2-1-3-7-20/h1-10,15,18H,11-14,16-17,19H2,(H,28,30). The quantitative estimate of drug-likeness (QED) is 0.488. The van der Waals surface area contributed by atoms with E-state index in [4.69, 9.17) is 0 Å². The molecule has 0 radical (unpaired) electrons. The van der Waals surface area contributed by atoms with Crippen LogP contribution in [0.1, 0.15) is 41.6 Å². The Morgan fingerprint density at radius 3 is 2.55 bits per heavy atom. The van der Waals surface area contributed by atoms with Crippen LogP contribution in [0.15, 0.2) is 77.8 Å². The lowest BCUT2D eigenvalue weighted by molar-refractivity contribution is 0.102. The van der Waals surface area contributed by atoms with Gasteiger partial charge >= 0.3 is 0 Å². The van der Waals surface area contributed by atoms with E-state index in [1.54, 1.807) is 18.0 Å². The zero-order valence-corrected chi connectivity index (χ0v) is 18.4. The van der Waals surface area contributed by atoms with Crippen LogP contribution in [0.4, 0.5) is 11.5 Å². The molecule has 1 aliphatic carbocycles. The van der Waals surface area contributed by atoms with Crippen molar-refractivity contribution in [1.29, 1.82) is 0 Å². The number of carbonyl (C=O) groups is 1. The van der Waals surface area contributed by atoms with Crippen molar-refractivity contribution in [1.82, 2.24) is 4.98 Å². The van der Waals surface area contributed by atoms with Crippen LogP contribution in [0.5, 0.6) is 0 Å². The molecule has 2 aromatic carbocycles. The second kappa shape index (κ2) is 8.75. The second-order valence-corrected chi connectivity index (χ2v) is 9.67. The van der Waals surface area contributed by atoms with Crippen LogP contribution in [-0.2, 0) is 5.75 Å². The highest BCUT2D eigenvalue weighted by molar-refractivity contribution is 7.98. The minimum Gasteiger partial charge on any atom is -0.356 e. The minimum absolute atomic E-state index is 0.0972. The maximum absolute atomic E-state index is 13.1. The van der Waals surface area contributed by atoms with Gasteiger partial charge in [-0.05, 0) is 67.0 Å². The molecule has 1 spiro atoms. The van der Waals surface area contributed by atoms with Crippen LogP contribution in [-0.4, -0.2) is 24.0 Å². The maximum atomic E-state index is 13.1. The van der Waals surface area contributed by atoms with E-state index in [1.165, 1.54) is 31.2 Å². The Labute approximate surface area is 188 Å². The van der Waals surface area contributed by atoms with E-state index in [9.17, 15) is 4.79 Å². The topological polar surface area (TPSA) is 45.2 Å². The van der Waals surface area contributed by atoms with E-state index < -0.39 is 0 Å². The molecule has 4 nitrogen and oxygen atoms in total. The summed E-state index contributed by atoms with van der Waals surface area (Å²) in [5.74, 6) is 1.62. The Bertz CT molecular complexity index is 1060. The summed E-state index contributed by atoms with van der Waals surface area (Å²) >= 11 is 1.77. The summed E-state index contributed by atoms with van der Waals surface area (Å²) in [5, 5.41) is 3.09. The van der Waals surface area contributed by atoms with Gasteiger partial charge in [0.15, 0.2) is 0 Å². The number of carbonyl (C=O) groups excluding carboxylic acids is 1. The van der Waals surface area contributed by atoms with Gasteiger partial charge in [0.25, 0.3) is 5.91 Å². The van der Waals surface area contributed by atoms with Gasteiger partial charge in [0, 0.05) is 35.6 Å². The molecule has 2 fully saturated rings. The van der Waals surface area contributed by atoms with Gasteiger partial charge in [-0.2, -0.15) is 0 Å². The lowest BCUT2D eigenvalue weighted by Crippen LogP contribution is -2.36. The van der Waals surface area contributed by atoms with Gasteiger partial charge < -0.3 is 10.2 Å². The van der Waals surface area contributed by atoms with Crippen molar-refractivity contribution < 1.29 is 4.79 Å². The summed E-state index contributed by atoms with van der Waals surface area (Å²) in [7, 11) is 0. The highest BCUT2D eigenvalue weighted by Gasteiger charge is 2.44. The van der Waals surface area contributed by atoms with Gasteiger partial charge in [0.1, 0.15) is 5.82 Å². The SMILES string of the molecule is O=C(Nc1cccc(SCc2ccccc2)c1)c1cccnc1N1CCC2(CC1)CC2.